The van der Waals surface area contributed by atoms with Gasteiger partial charge in [-0.2, -0.15) is 13.2 Å². The number of rotatable bonds is 6. The number of pyridine rings is 1. The van der Waals surface area contributed by atoms with Gasteiger partial charge < -0.3 is 20.3 Å². The Kier molecular flexibility index (Phi) is 7.05. The van der Waals surface area contributed by atoms with Gasteiger partial charge in [0.2, 0.25) is 17.7 Å². The van der Waals surface area contributed by atoms with Gasteiger partial charge in [0.05, 0.1) is 12.1 Å². The van der Waals surface area contributed by atoms with E-state index in [1.165, 1.54) is 11.9 Å². The van der Waals surface area contributed by atoms with E-state index in [4.69, 9.17) is 11.6 Å². The van der Waals surface area contributed by atoms with Crippen LogP contribution in [0, 0.1) is 0 Å². The molecule has 28 heavy (non-hydrogen) atoms. The molecule has 2 rings (SSSR count). The van der Waals surface area contributed by atoms with Crippen LogP contribution in [0.3, 0.4) is 0 Å². The summed E-state index contributed by atoms with van der Waals surface area (Å²) >= 11 is 5.78. The van der Waals surface area contributed by atoms with Crippen LogP contribution < -0.4 is 15.4 Å². The fourth-order valence-corrected chi connectivity index (χ4v) is 2.89. The number of aromatic nitrogens is 1. The molecule has 0 bridgehead atoms. The van der Waals surface area contributed by atoms with Crippen LogP contribution in [0.2, 0.25) is 5.02 Å². The molecular formula is C16H18ClF3N4O4. The zero-order valence-corrected chi connectivity index (χ0v) is 15.6. The van der Waals surface area contributed by atoms with Crippen LogP contribution >= 0.6 is 11.6 Å². The lowest BCUT2D eigenvalue weighted by Crippen LogP contribution is -2.48. The van der Waals surface area contributed by atoms with Gasteiger partial charge >= 0.3 is 6.18 Å². The molecule has 0 aliphatic carbocycles. The summed E-state index contributed by atoms with van der Waals surface area (Å²) < 4.78 is 40.9. The Labute approximate surface area is 163 Å². The van der Waals surface area contributed by atoms with Gasteiger partial charge in [0.25, 0.3) is 5.91 Å². The Hall–Kier alpha value is -2.56. The zero-order valence-electron chi connectivity index (χ0n) is 14.8. The third-order valence-electron chi connectivity index (χ3n) is 3.96. The van der Waals surface area contributed by atoms with Gasteiger partial charge in [-0.05, 0) is 18.9 Å². The van der Waals surface area contributed by atoms with Crippen molar-refractivity contribution in [2.75, 3.05) is 26.7 Å². The maximum atomic E-state index is 12.3. The van der Waals surface area contributed by atoms with Crippen molar-refractivity contribution in [3.05, 3.63) is 22.8 Å². The molecule has 2 N–H and O–H groups in total. The summed E-state index contributed by atoms with van der Waals surface area (Å²) in [6, 6.07) is 0.513. The second kappa shape index (κ2) is 9.09. The highest BCUT2D eigenvalue weighted by atomic mass is 35.5. The first kappa shape index (κ1) is 21.7. The van der Waals surface area contributed by atoms with Gasteiger partial charge in [0.15, 0.2) is 6.61 Å². The number of halogens is 4. The van der Waals surface area contributed by atoms with Crippen LogP contribution in [0.4, 0.5) is 13.2 Å². The van der Waals surface area contributed by atoms with Crippen molar-refractivity contribution in [3.8, 4) is 5.88 Å². The highest BCUT2D eigenvalue weighted by Crippen LogP contribution is 2.25. The molecule has 0 radical (unpaired) electrons. The van der Waals surface area contributed by atoms with E-state index in [9.17, 15) is 27.6 Å². The van der Waals surface area contributed by atoms with E-state index in [2.05, 4.69) is 20.4 Å². The molecular weight excluding hydrogens is 405 g/mol. The minimum Gasteiger partial charge on any atom is -0.467 e. The molecule has 12 heteroatoms. The number of likely N-dealkylation sites (N-methyl/N-ethyl adjacent to an activating group) is 1. The van der Waals surface area contributed by atoms with Crippen LogP contribution in [0.25, 0.3) is 0 Å². The highest BCUT2D eigenvalue weighted by Gasteiger charge is 2.33. The second-order valence-corrected chi connectivity index (χ2v) is 6.36. The molecule has 0 saturated carbocycles. The van der Waals surface area contributed by atoms with Crippen molar-refractivity contribution < 1.29 is 32.3 Å². The van der Waals surface area contributed by atoms with Crippen molar-refractivity contribution in [2.45, 2.75) is 25.1 Å². The molecule has 1 aromatic rings. The molecule has 1 atom stereocenters. The lowest BCUT2D eigenvalue weighted by molar-refractivity contribution is -0.154. The number of carbonyl (C=O) groups is 3. The summed E-state index contributed by atoms with van der Waals surface area (Å²) in [4.78, 5) is 41.2. The molecule has 1 fully saturated rings. The predicted molar refractivity (Wildman–Crippen MR) is 91.9 cm³/mol. The summed E-state index contributed by atoms with van der Waals surface area (Å²) in [5.74, 6) is -1.86. The third kappa shape index (κ3) is 5.72. The summed E-state index contributed by atoms with van der Waals surface area (Å²) in [5, 5.41) is 4.59. The third-order valence-corrected chi connectivity index (χ3v) is 4.24. The molecule has 1 aromatic heterocycles. The van der Waals surface area contributed by atoms with Crippen LogP contribution in [0.1, 0.15) is 23.2 Å². The molecule has 1 aliphatic heterocycles. The minimum atomic E-state index is -4.55. The molecule has 1 aliphatic rings. The summed E-state index contributed by atoms with van der Waals surface area (Å²) in [6.45, 7) is -1.51. The van der Waals surface area contributed by atoms with Crippen LogP contribution in [-0.2, 0) is 9.59 Å². The number of hydrogen-bond donors (Lipinski definition) is 2. The zero-order chi connectivity index (χ0) is 20.9. The standard InChI is InChI=1S/C16H18ClF3N4O4/c1-21-14(27)11-3-2-4-24(11)12(25)7-22-13(26)9-5-10(17)15(23-6-9)28-8-16(18,19)20/h5-6,11H,2-4,7-8H2,1H3,(H,21,27)(H,22,26). The van der Waals surface area contributed by atoms with E-state index >= 15 is 0 Å². The highest BCUT2D eigenvalue weighted by molar-refractivity contribution is 6.32. The Morgan fingerprint density at radius 1 is 1.39 bits per heavy atom. The van der Waals surface area contributed by atoms with Gasteiger partial charge in [0, 0.05) is 19.8 Å². The largest absolute Gasteiger partial charge is 0.467 e. The van der Waals surface area contributed by atoms with Crippen molar-refractivity contribution in [1.82, 2.24) is 20.5 Å². The molecule has 3 amide bonds. The number of ether oxygens (including phenoxy) is 1. The number of nitrogens with one attached hydrogen (secondary N) is 2. The van der Waals surface area contributed by atoms with E-state index < -0.39 is 36.5 Å². The molecule has 1 saturated heterocycles. The first-order chi connectivity index (χ1) is 13.1. The number of amides is 3. The van der Waals surface area contributed by atoms with Gasteiger partial charge in [0.1, 0.15) is 11.1 Å². The number of hydrogen-bond acceptors (Lipinski definition) is 5. The quantitative estimate of drug-likeness (QED) is 0.716. The lowest BCUT2D eigenvalue weighted by Gasteiger charge is -2.23. The second-order valence-electron chi connectivity index (χ2n) is 5.96. The van der Waals surface area contributed by atoms with E-state index in [0.717, 1.165) is 12.3 Å². The molecule has 2 heterocycles. The lowest BCUT2D eigenvalue weighted by atomic mass is 10.2. The Morgan fingerprint density at radius 3 is 2.71 bits per heavy atom. The number of carbonyl (C=O) groups excluding carboxylic acids is 3. The topological polar surface area (TPSA) is 101 Å². The molecule has 0 spiro atoms. The fraction of sp³-hybridized carbons (Fsp3) is 0.500. The van der Waals surface area contributed by atoms with Crippen LogP contribution in [0.5, 0.6) is 5.88 Å². The smallest absolute Gasteiger partial charge is 0.422 e. The van der Waals surface area contributed by atoms with Gasteiger partial charge in [-0.25, -0.2) is 4.98 Å². The van der Waals surface area contributed by atoms with E-state index in [1.54, 1.807) is 0 Å². The Morgan fingerprint density at radius 2 is 2.11 bits per heavy atom. The summed E-state index contributed by atoms with van der Waals surface area (Å²) in [7, 11) is 1.48. The van der Waals surface area contributed by atoms with Crippen molar-refractivity contribution >= 4 is 29.3 Å². The molecule has 0 aromatic carbocycles. The van der Waals surface area contributed by atoms with Crippen LogP contribution in [0.15, 0.2) is 12.3 Å². The number of likely N-dealkylation sites (tertiary alicyclic amines) is 1. The van der Waals surface area contributed by atoms with Crippen molar-refractivity contribution in [1.29, 1.82) is 0 Å². The van der Waals surface area contributed by atoms with Gasteiger partial charge in [-0.3, -0.25) is 14.4 Å². The van der Waals surface area contributed by atoms with Gasteiger partial charge in [-0.1, -0.05) is 11.6 Å². The number of alkyl halides is 3. The number of nitrogens with zero attached hydrogens (tertiary/aromatic N) is 2. The predicted octanol–water partition coefficient (Wildman–Crippen LogP) is 1.14. The monoisotopic (exact) mass is 422 g/mol. The molecule has 8 nitrogen and oxygen atoms in total. The molecule has 1 unspecified atom stereocenters. The van der Waals surface area contributed by atoms with Gasteiger partial charge in [-0.15, -0.1) is 0 Å². The average Bonchev–Trinajstić information content (AvgIpc) is 3.13. The molecule has 154 valence electrons. The Bertz CT molecular complexity index is 760. The average molecular weight is 423 g/mol. The van der Waals surface area contributed by atoms with E-state index in [1.807, 2.05) is 0 Å². The Balaban J connectivity index is 1.93. The van der Waals surface area contributed by atoms with E-state index in [-0.39, 0.29) is 23.0 Å². The first-order valence-electron chi connectivity index (χ1n) is 8.26. The maximum Gasteiger partial charge on any atom is 0.422 e. The van der Waals surface area contributed by atoms with Crippen molar-refractivity contribution in [2.24, 2.45) is 0 Å². The maximum absolute atomic E-state index is 12.3. The van der Waals surface area contributed by atoms with Crippen molar-refractivity contribution in [3.63, 3.8) is 0 Å². The fourth-order valence-electron chi connectivity index (χ4n) is 2.67. The minimum absolute atomic E-state index is 0.0542. The van der Waals surface area contributed by atoms with E-state index in [0.29, 0.717) is 19.4 Å². The first-order valence-corrected chi connectivity index (χ1v) is 8.64. The summed E-state index contributed by atoms with van der Waals surface area (Å²) in [5.41, 5.74) is -0.0542. The normalized spacial score (nSPS) is 16.6. The SMILES string of the molecule is CNC(=O)C1CCCN1C(=O)CNC(=O)c1cnc(OCC(F)(F)F)c(Cl)c1. The summed E-state index contributed by atoms with van der Waals surface area (Å²) in [6.07, 6.45) is -2.35. The van der Waals surface area contributed by atoms with Crippen LogP contribution in [-0.4, -0.2) is 66.6 Å².